The van der Waals surface area contributed by atoms with Gasteiger partial charge in [-0.05, 0) is 31.0 Å². The molecule has 2 nitrogen and oxygen atoms in total. The summed E-state index contributed by atoms with van der Waals surface area (Å²) < 4.78 is 0. The summed E-state index contributed by atoms with van der Waals surface area (Å²) in [5.41, 5.74) is 0. The highest BCUT2D eigenvalue weighted by molar-refractivity contribution is 7.99. The molecule has 1 N–H and O–H groups in total. The largest absolute Gasteiger partial charge is 0.312 e. The molecule has 0 aliphatic carbocycles. The first-order chi connectivity index (χ1) is 8.42. The van der Waals surface area contributed by atoms with Crippen LogP contribution in [0.15, 0.2) is 35.2 Å². The predicted molar refractivity (Wildman–Crippen MR) is 73.5 cm³/mol. The van der Waals surface area contributed by atoms with Gasteiger partial charge in [0.1, 0.15) is 0 Å². The van der Waals surface area contributed by atoms with Gasteiger partial charge in [-0.15, -0.1) is 11.8 Å². The molecule has 0 amide bonds. The molecule has 2 bridgehead atoms. The smallest absolute Gasteiger partial charge is 0.0236 e. The molecule has 17 heavy (non-hydrogen) atoms. The van der Waals surface area contributed by atoms with E-state index in [2.05, 4.69) is 40.5 Å². The first-order valence-corrected chi connectivity index (χ1v) is 7.54. The topological polar surface area (TPSA) is 15.3 Å². The molecule has 3 unspecified atom stereocenters. The van der Waals surface area contributed by atoms with Crippen molar-refractivity contribution in [3.05, 3.63) is 30.3 Å². The second-order valence-corrected chi connectivity index (χ2v) is 6.20. The van der Waals surface area contributed by atoms with Crippen molar-refractivity contribution in [2.75, 3.05) is 31.9 Å². The number of thioether (sulfide) groups is 1. The van der Waals surface area contributed by atoms with Crippen LogP contribution in [0.25, 0.3) is 0 Å². The minimum atomic E-state index is 0.764. The molecule has 2 aliphatic heterocycles. The Labute approximate surface area is 108 Å². The lowest BCUT2D eigenvalue weighted by atomic mass is 10.0. The van der Waals surface area contributed by atoms with Crippen LogP contribution in [0.2, 0.25) is 0 Å². The van der Waals surface area contributed by atoms with E-state index in [-0.39, 0.29) is 0 Å². The van der Waals surface area contributed by atoms with E-state index >= 15 is 0 Å². The maximum absolute atomic E-state index is 3.72. The third-order valence-electron chi connectivity index (χ3n) is 3.85. The van der Waals surface area contributed by atoms with Gasteiger partial charge in [-0.3, -0.25) is 0 Å². The minimum absolute atomic E-state index is 0.764. The summed E-state index contributed by atoms with van der Waals surface area (Å²) in [6.45, 7) is 5.08. The van der Waals surface area contributed by atoms with E-state index in [9.17, 15) is 0 Å². The average molecular weight is 248 g/mol. The average Bonchev–Trinajstić information content (AvgIpc) is 2.98. The van der Waals surface area contributed by atoms with Gasteiger partial charge >= 0.3 is 0 Å². The van der Waals surface area contributed by atoms with Gasteiger partial charge in [0.2, 0.25) is 0 Å². The highest BCUT2D eigenvalue weighted by Crippen LogP contribution is 2.27. The van der Waals surface area contributed by atoms with E-state index in [1.807, 2.05) is 11.8 Å². The molecule has 0 radical (unpaired) electrons. The number of nitrogens with zero attached hydrogens (tertiary/aromatic N) is 1. The van der Waals surface area contributed by atoms with E-state index in [1.165, 1.54) is 36.7 Å². The normalized spacial score (nSPS) is 30.9. The van der Waals surface area contributed by atoms with Crippen LogP contribution in [0.3, 0.4) is 0 Å². The van der Waals surface area contributed by atoms with Crippen LogP contribution in [-0.2, 0) is 0 Å². The Bertz CT molecular complexity index is 354. The summed E-state index contributed by atoms with van der Waals surface area (Å²) in [5.74, 6) is 2.10. The van der Waals surface area contributed by atoms with Crippen molar-refractivity contribution < 1.29 is 0 Å². The van der Waals surface area contributed by atoms with Gasteiger partial charge in [0.25, 0.3) is 0 Å². The molecule has 0 spiro atoms. The Morgan fingerprint density at radius 2 is 2.12 bits per heavy atom. The summed E-state index contributed by atoms with van der Waals surface area (Å²) >= 11 is 1.95. The first-order valence-electron chi connectivity index (χ1n) is 6.55. The van der Waals surface area contributed by atoms with Crippen molar-refractivity contribution in [3.63, 3.8) is 0 Å². The van der Waals surface area contributed by atoms with Gasteiger partial charge in [0.05, 0.1) is 0 Å². The number of piperidine rings is 1. The lowest BCUT2D eigenvalue weighted by Crippen LogP contribution is -2.40. The lowest BCUT2D eigenvalue weighted by molar-refractivity contribution is 0.319. The molecule has 3 heteroatoms. The Balaban J connectivity index is 1.36. The van der Waals surface area contributed by atoms with E-state index in [4.69, 9.17) is 0 Å². The van der Waals surface area contributed by atoms with Crippen molar-refractivity contribution >= 4 is 11.8 Å². The summed E-state index contributed by atoms with van der Waals surface area (Å²) in [7, 11) is 0. The van der Waals surface area contributed by atoms with Gasteiger partial charge in [-0.2, -0.15) is 0 Å². The second-order valence-electron chi connectivity index (χ2n) is 5.03. The van der Waals surface area contributed by atoms with Gasteiger partial charge < -0.3 is 10.2 Å². The van der Waals surface area contributed by atoms with Crippen molar-refractivity contribution in [3.8, 4) is 0 Å². The first kappa shape index (κ1) is 11.6. The van der Waals surface area contributed by atoms with Gasteiger partial charge in [0.15, 0.2) is 0 Å². The molecule has 3 atom stereocenters. The molecule has 1 aromatic carbocycles. The second kappa shape index (κ2) is 5.42. The molecule has 3 rings (SSSR count). The van der Waals surface area contributed by atoms with Crippen LogP contribution in [0, 0.1) is 5.92 Å². The molecule has 0 aromatic heterocycles. The van der Waals surface area contributed by atoms with Crippen LogP contribution in [0.1, 0.15) is 6.42 Å². The maximum Gasteiger partial charge on any atom is 0.0236 e. The molecular formula is C14H20N2S. The fourth-order valence-electron chi connectivity index (χ4n) is 2.95. The van der Waals surface area contributed by atoms with Gasteiger partial charge in [-0.25, -0.2) is 0 Å². The molecule has 2 aliphatic rings. The van der Waals surface area contributed by atoms with E-state index < -0.39 is 0 Å². The molecule has 0 saturated carbocycles. The number of nitrogens with one attached hydrogen (secondary N) is 1. The standard InChI is InChI=1S/C14H20N2S/c1-2-4-13(5-3-1)17-9-7-15-14-11-16-8-6-12(14)10-16/h1-5,12,14-15H,6-11H2. The number of benzene rings is 1. The summed E-state index contributed by atoms with van der Waals surface area (Å²) in [6.07, 6.45) is 1.41. The summed E-state index contributed by atoms with van der Waals surface area (Å²) in [5, 5.41) is 3.72. The zero-order chi connectivity index (χ0) is 11.5. The van der Waals surface area contributed by atoms with Crippen LogP contribution < -0.4 is 5.32 Å². The monoisotopic (exact) mass is 248 g/mol. The van der Waals surface area contributed by atoms with Crippen LogP contribution in [0.4, 0.5) is 0 Å². The third-order valence-corrected chi connectivity index (χ3v) is 4.87. The number of hydrogen-bond acceptors (Lipinski definition) is 3. The zero-order valence-corrected chi connectivity index (χ0v) is 11.0. The molecule has 1 aromatic rings. The number of rotatable bonds is 5. The Kier molecular flexibility index (Phi) is 3.69. The van der Waals surface area contributed by atoms with Crippen LogP contribution >= 0.6 is 11.8 Å². The maximum atomic E-state index is 3.72. The quantitative estimate of drug-likeness (QED) is 0.634. The Morgan fingerprint density at radius 3 is 2.82 bits per heavy atom. The van der Waals surface area contributed by atoms with E-state index in [0.29, 0.717) is 0 Å². The SMILES string of the molecule is c1ccc(SCCNC2CN3CCC2C3)cc1. The van der Waals surface area contributed by atoms with Crippen molar-refractivity contribution in [2.45, 2.75) is 17.4 Å². The fourth-order valence-corrected chi connectivity index (χ4v) is 3.75. The third kappa shape index (κ3) is 2.84. The van der Waals surface area contributed by atoms with Crippen LogP contribution in [0.5, 0.6) is 0 Å². The van der Waals surface area contributed by atoms with Gasteiger partial charge in [0, 0.05) is 36.3 Å². The number of hydrogen-bond donors (Lipinski definition) is 1. The van der Waals surface area contributed by atoms with Crippen LogP contribution in [-0.4, -0.2) is 42.9 Å². The molecule has 92 valence electrons. The Hall–Kier alpha value is -0.510. The molecule has 2 heterocycles. The van der Waals surface area contributed by atoms with Gasteiger partial charge in [-0.1, -0.05) is 18.2 Å². The van der Waals surface area contributed by atoms with E-state index in [1.54, 1.807) is 0 Å². The van der Waals surface area contributed by atoms with Crippen molar-refractivity contribution in [1.82, 2.24) is 10.2 Å². The predicted octanol–water partition coefficient (Wildman–Crippen LogP) is 2.07. The summed E-state index contributed by atoms with van der Waals surface area (Å²) in [4.78, 5) is 3.97. The van der Waals surface area contributed by atoms with Crippen molar-refractivity contribution in [1.29, 1.82) is 0 Å². The summed E-state index contributed by atoms with van der Waals surface area (Å²) in [6, 6.07) is 11.4. The molecule has 2 fully saturated rings. The molecular weight excluding hydrogens is 228 g/mol. The Morgan fingerprint density at radius 1 is 1.24 bits per heavy atom. The van der Waals surface area contributed by atoms with E-state index in [0.717, 1.165) is 18.5 Å². The highest BCUT2D eigenvalue weighted by atomic mass is 32.2. The lowest BCUT2D eigenvalue weighted by Gasteiger charge is -2.23. The fraction of sp³-hybridized carbons (Fsp3) is 0.571. The van der Waals surface area contributed by atoms with Crippen molar-refractivity contribution in [2.24, 2.45) is 5.92 Å². The number of fused-ring (bicyclic) bond motifs is 2. The molecule has 2 saturated heterocycles. The highest BCUT2D eigenvalue weighted by Gasteiger charge is 2.37. The zero-order valence-electron chi connectivity index (χ0n) is 10.1. The minimum Gasteiger partial charge on any atom is -0.312 e.